The van der Waals surface area contributed by atoms with Gasteiger partial charge in [-0.15, -0.1) is 0 Å². The van der Waals surface area contributed by atoms with Crippen LogP contribution in [0.5, 0.6) is 5.75 Å². The van der Waals surface area contributed by atoms with E-state index in [9.17, 15) is 28.3 Å². The lowest BCUT2D eigenvalue weighted by atomic mass is 10.1. The summed E-state index contributed by atoms with van der Waals surface area (Å²) in [5.41, 5.74) is -0.863. The zero-order valence-corrected chi connectivity index (χ0v) is 18.9. The number of amides is 2. The molecule has 0 aromatic carbocycles. The van der Waals surface area contributed by atoms with Crippen LogP contribution < -0.4 is 10.7 Å². The third-order valence-corrected chi connectivity index (χ3v) is 6.43. The molecule has 0 radical (unpaired) electrons. The summed E-state index contributed by atoms with van der Waals surface area (Å²) in [5, 5.41) is 13.2. The number of ether oxygens (including phenoxy) is 1. The highest BCUT2D eigenvalue weighted by atomic mass is 19.1. The summed E-state index contributed by atoms with van der Waals surface area (Å²) in [4.78, 5) is 40.8. The van der Waals surface area contributed by atoms with Crippen LogP contribution in [0.25, 0.3) is 0 Å². The Morgan fingerprint density at radius 1 is 1.32 bits per heavy atom. The summed E-state index contributed by atoms with van der Waals surface area (Å²) in [5.74, 6) is -2.65. The van der Waals surface area contributed by atoms with Crippen LogP contribution >= 0.6 is 0 Å². The number of halogens is 2. The van der Waals surface area contributed by atoms with Gasteiger partial charge in [0, 0.05) is 31.0 Å². The van der Waals surface area contributed by atoms with Gasteiger partial charge in [0.15, 0.2) is 17.7 Å². The second-order valence-electron chi connectivity index (χ2n) is 8.38. The van der Waals surface area contributed by atoms with Crippen molar-refractivity contribution in [3.63, 3.8) is 0 Å². The number of alkyl halides is 1. The second-order valence-corrected chi connectivity index (χ2v) is 8.38. The summed E-state index contributed by atoms with van der Waals surface area (Å²) in [6.45, 7) is 1.47. The maximum atomic E-state index is 14.2. The molecule has 8 nitrogen and oxygen atoms in total. The van der Waals surface area contributed by atoms with Crippen LogP contribution in [0, 0.1) is 0 Å². The number of rotatable bonds is 6. The van der Waals surface area contributed by atoms with Crippen molar-refractivity contribution in [3.8, 4) is 5.75 Å². The van der Waals surface area contributed by atoms with E-state index >= 15 is 0 Å². The number of carbonyl (C=O) groups excluding carboxylic acids is 2. The number of allylic oxidation sites excluding steroid dienone is 4. The fraction of sp³-hybridized carbons (Fsp3) is 0.458. The Bertz CT molecular complexity index is 1150. The summed E-state index contributed by atoms with van der Waals surface area (Å²) in [7, 11) is 0. The molecule has 182 valence electrons. The van der Waals surface area contributed by atoms with Crippen LogP contribution in [0.3, 0.4) is 0 Å². The van der Waals surface area contributed by atoms with Gasteiger partial charge in [0.05, 0.1) is 6.04 Å². The Labute approximate surface area is 195 Å². The van der Waals surface area contributed by atoms with Gasteiger partial charge in [-0.05, 0) is 32.6 Å². The Balaban J connectivity index is 1.70. The lowest BCUT2D eigenvalue weighted by molar-refractivity contribution is -0.0685. The van der Waals surface area contributed by atoms with Gasteiger partial charge in [-0.25, -0.2) is 8.78 Å². The summed E-state index contributed by atoms with van der Waals surface area (Å²) >= 11 is 0. The average molecular weight is 475 g/mol. The Kier molecular flexibility index (Phi) is 6.97. The molecule has 2 atom stereocenters. The number of aromatic hydroxyl groups is 1. The first-order valence-corrected chi connectivity index (χ1v) is 11.4. The van der Waals surface area contributed by atoms with Gasteiger partial charge in [-0.3, -0.25) is 14.4 Å². The van der Waals surface area contributed by atoms with Gasteiger partial charge >= 0.3 is 0 Å². The molecule has 4 rings (SSSR count). The van der Waals surface area contributed by atoms with E-state index in [4.69, 9.17) is 4.74 Å². The first kappa shape index (κ1) is 23.9. The monoisotopic (exact) mass is 475 g/mol. The number of fused-ring (bicyclic) bond motifs is 2. The largest absolute Gasteiger partial charge is 0.503 e. The van der Waals surface area contributed by atoms with Crippen molar-refractivity contribution in [1.29, 1.82) is 0 Å². The summed E-state index contributed by atoms with van der Waals surface area (Å²) in [6.07, 6.45) is 6.97. The van der Waals surface area contributed by atoms with E-state index in [0.29, 0.717) is 31.7 Å². The molecule has 2 N–H and O–H groups in total. The fourth-order valence-electron chi connectivity index (χ4n) is 4.85. The van der Waals surface area contributed by atoms with E-state index in [1.54, 1.807) is 9.47 Å². The average Bonchev–Trinajstić information content (AvgIpc) is 3.09. The molecule has 1 aromatic heterocycles. The predicted octanol–water partition coefficient (Wildman–Crippen LogP) is 2.69. The molecule has 3 aliphatic rings. The van der Waals surface area contributed by atoms with E-state index in [1.807, 2.05) is 0 Å². The van der Waals surface area contributed by atoms with E-state index in [0.717, 1.165) is 12.8 Å². The highest BCUT2D eigenvalue weighted by Gasteiger charge is 2.47. The fourth-order valence-corrected chi connectivity index (χ4v) is 4.85. The number of carbonyl (C=O) groups is 2. The zero-order valence-electron chi connectivity index (χ0n) is 18.9. The minimum Gasteiger partial charge on any atom is -0.503 e. The van der Waals surface area contributed by atoms with E-state index in [-0.39, 0.29) is 29.4 Å². The van der Waals surface area contributed by atoms with Crippen molar-refractivity contribution in [2.24, 2.45) is 0 Å². The number of hydrogen-bond donors (Lipinski definition) is 2. The summed E-state index contributed by atoms with van der Waals surface area (Å²) < 4.78 is 34.0. The van der Waals surface area contributed by atoms with Crippen molar-refractivity contribution in [2.45, 2.75) is 44.9 Å². The Morgan fingerprint density at radius 3 is 2.85 bits per heavy atom. The van der Waals surface area contributed by atoms with Crippen LogP contribution in [0.2, 0.25) is 0 Å². The maximum Gasteiger partial charge on any atom is 0.276 e. The molecule has 1 fully saturated rings. The van der Waals surface area contributed by atoms with Crippen molar-refractivity contribution >= 4 is 11.8 Å². The zero-order chi connectivity index (χ0) is 24.4. The molecule has 34 heavy (non-hydrogen) atoms. The first-order chi connectivity index (χ1) is 16.4. The normalized spacial score (nSPS) is 22.6. The van der Waals surface area contributed by atoms with Crippen molar-refractivity contribution in [2.75, 3.05) is 26.4 Å². The molecule has 0 spiro atoms. The predicted molar refractivity (Wildman–Crippen MR) is 120 cm³/mol. The molecule has 2 amide bonds. The minimum absolute atomic E-state index is 0.0924. The van der Waals surface area contributed by atoms with Gasteiger partial charge < -0.3 is 24.6 Å². The van der Waals surface area contributed by atoms with Crippen LogP contribution in [0.4, 0.5) is 8.78 Å². The van der Waals surface area contributed by atoms with Crippen molar-refractivity contribution < 1.29 is 28.2 Å². The number of aromatic nitrogens is 1. The van der Waals surface area contributed by atoms with Gasteiger partial charge in [0.1, 0.15) is 18.1 Å². The van der Waals surface area contributed by atoms with Crippen LogP contribution in [0.15, 0.2) is 40.5 Å². The van der Waals surface area contributed by atoms with E-state index in [2.05, 4.69) is 5.32 Å². The standard InChI is InChI=1S/C24H27F2N3O5/c1-2-15(26)14(7-3-4-10-25)13-27-22(32)18-16-8-9-17-24-28(11-5-6-12-34-24)23(33)19(29(16)17)21(31)20(18)30/h2-4,7,17,24,31H,5-6,8-13H2,1H3,(H,27,32)/b4-3+,14-7-,15-2+. The first-order valence-electron chi connectivity index (χ1n) is 11.4. The summed E-state index contributed by atoms with van der Waals surface area (Å²) in [6, 6.07) is -0.319. The van der Waals surface area contributed by atoms with Crippen LogP contribution in [-0.2, 0) is 11.2 Å². The molecular formula is C24H27F2N3O5. The van der Waals surface area contributed by atoms with E-state index < -0.39 is 41.7 Å². The second kappa shape index (κ2) is 9.92. The molecule has 0 bridgehead atoms. The molecule has 10 heteroatoms. The number of hydrogen-bond acceptors (Lipinski definition) is 5. The molecule has 1 aromatic rings. The van der Waals surface area contributed by atoms with Gasteiger partial charge in [0.25, 0.3) is 11.8 Å². The Hall–Kier alpha value is -3.27. The SMILES string of the molecule is C\C=C(F)/C(=C\C=C\CF)CNC(=O)c1c2n3c(c(O)c1=O)C(=O)N1CCCCOC1C3CC2. The van der Waals surface area contributed by atoms with E-state index in [1.165, 1.54) is 31.2 Å². The van der Waals surface area contributed by atoms with Crippen molar-refractivity contribution in [3.05, 3.63) is 62.9 Å². The highest BCUT2D eigenvalue weighted by molar-refractivity contribution is 6.00. The number of pyridine rings is 1. The Morgan fingerprint density at radius 2 is 2.12 bits per heavy atom. The molecule has 2 unspecified atom stereocenters. The molecule has 3 aliphatic heterocycles. The molecule has 0 saturated carbocycles. The lowest BCUT2D eigenvalue weighted by Gasteiger charge is -2.40. The van der Waals surface area contributed by atoms with Gasteiger partial charge in [0.2, 0.25) is 5.43 Å². The lowest BCUT2D eigenvalue weighted by Crippen LogP contribution is -2.52. The van der Waals surface area contributed by atoms with Gasteiger partial charge in [-0.2, -0.15) is 0 Å². The van der Waals surface area contributed by atoms with Crippen molar-refractivity contribution in [1.82, 2.24) is 14.8 Å². The molecule has 1 saturated heterocycles. The number of nitrogens with zero attached hydrogens (tertiary/aromatic N) is 2. The molecule has 0 aliphatic carbocycles. The molecule has 4 heterocycles. The maximum absolute atomic E-state index is 14.2. The molecular weight excluding hydrogens is 448 g/mol. The third kappa shape index (κ3) is 4.06. The quantitative estimate of drug-likeness (QED) is 0.617. The minimum atomic E-state index is -0.934. The van der Waals surface area contributed by atoms with Crippen LogP contribution in [0.1, 0.15) is 58.8 Å². The highest BCUT2D eigenvalue weighted by Crippen LogP contribution is 2.41. The van der Waals surface area contributed by atoms with Crippen LogP contribution in [-0.4, -0.2) is 59.0 Å². The van der Waals surface area contributed by atoms with Gasteiger partial charge in [-0.1, -0.05) is 24.3 Å². The number of nitrogens with one attached hydrogen (secondary N) is 1. The third-order valence-electron chi connectivity index (χ3n) is 6.43. The topological polar surface area (TPSA) is 101 Å². The smallest absolute Gasteiger partial charge is 0.276 e.